The zero-order valence-corrected chi connectivity index (χ0v) is 9.41. The van der Waals surface area contributed by atoms with Gasteiger partial charge in [0.2, 0.25) is 0 Å². The van der Waals surface area contributed by atoms with Crippen LogP contribution in [0, 0.1) is 12.3 Å². The van der Waals surface area contributed by atoms with Gasteiger partial charge in [0.05, 0.1) is 0 Å². The number of para-hydroxylation sites is 1. The van der Waals surface area contributed by atoms with Gasteiger partial charge in [0.15, 0.2) is 0 Å². The summed E-state index contributed by atoms with van der Waals surface area (Å²) in [5.41, 5.74) is 1.32. The lowest BCUT2D eigenvalue weighted by atomic mass is 10.1. The summed E-state index contributed by atoms with van der Waals surface area (Å²) in [6, 6.07) is 8.24. The molecule has 1 N–H and O–H groups in total. The first-order chi connectivity index (χ1) is 7.90. The van der Waals surface area contributed by atoms with E-state index in [1.165, 1.54) is 5.56 Å². The molecule has 0 fully saturated rings. The third-order valence-electron chi connectivity index (χ3n) is 2.76. The molecule has 0 saturated heterocycles. The Morgan fingerprint density at radius 3 is 3.12 bits per heavy atom. The van der Waals surface area contributed by atoms with Crippen molar-refractivity contribution < 1.29 is 4.74 Å². The van der Waals surface area contributed by atoms with Crippen LogP contribution >= 0.6 is 0 Å². The Bertz CT molecular complexity index is 356. The van der Waals surface area contributed by atoms with Crippen LogP contribution in [0.2, 0.25) is 0 Å². The highest BCUT2D eigenvalue weighted by molar-refractivity contribution is 5.37. The minimum atomic E-state index is 0.281. The van der Waals surface area contributed by atoms with Gasteiger partial charge in [-0.2, -0.15) is 0 Å². The van der Waals surface area contributed by atoms with Crippen LogP contribution in [0.4, 0.5) is 0 Å². The first kappa shape index (κ1) is 11.0. The third-order valence-corrected chi connectivity index (χ3v) is 2.76. The molecule has 0 aliphatic carbocycles. The second-order valence-electron chi connectivity index (χ2n) is 4.06. The molecule has 0 radical (unpaired) electrons. The number of hydrogen-bond donors (Lipinski definition) is 1. The molecule has 0 spiro atoms. The van der Waals surface area contributed by atoms with E-state index in [0.29, 0.717) is 0 Å². The highest BCUT2D eigenvalue weighted by Gasteiger charge is 2.21. The summed E-state index contributed by atoms with van der Waals surface area (Å²) in [5, 5.41) is 3.38. The van der Waals surface area contributed by atoms with Gasteiger partial charge >= 0.3 is 0 Å². The fourth-order valence-corrected chi connectivity index (χ4v) is 1.95. The van der Waals surface area contributed by atoms with E-state index in [9.17, 15) is 0 Å². The van der Waals surface area contributed by atoms with Gasteiger partial charge in [-0.1, -0.05) is 18.2 Å². The van der Waals surface area contributed by atoms with Crippen LogP contribution < -0.4 is 10.1 Å². The molecule has 84 valence electrons. The molecule has 0 aromatic heterocycles. The standard InChI is InChI=1S/C14H17NO/c1-2-3-6-9-15-11-13-10-12-7-4-5-8-14(12)16-13/h1,4-5,7-8,13,15H,3,6,9-11H2. The molecular weight excluding hydrogens is 198 g/mol. The van der Waals surface area contributed by atoms with E-state index in [1.807, 2.05) is 12.1 Å². The van der Waals surface area contributed by atoms with Crippen LogP contribution in [0.5, 0.6) is 5.75 Å². The van der Waals surface area contributed by atoms with Gasteiger partial charge in [-0.25, -0.2) is 0 Å². The molecule has 1 atom stereocenters. The van der Waals surface area contributed by atoms with Crippen molar-refractivity contribution in [2.45, 2.75) is 25.4 Å². The third kappa shape index (κ3) is 2.77. The van der Waals surface area contributed by atoms with Gasteiger partial charge in [0.25, 0.3) is 0 Å². The van der Waals surface area contributed by atoms with Crippen LogP contribution in [0.25, 0.3) is 0 Å². The predicted molar refractivity (Wildman–Crippen MR) is 65.5 cm³/mol. The Balaban J connectivity index is 1.70. The fraction of sp³-hybridized carbons (Fsp3) is 0.429. The number of rotatable bonds is 5. The van der Waals surface area contributed by atoms with Gasteiger partial charge in [-0.15, -0.1) is 12.3 Å². The molecule has 1 unspecified atom stereocenters. The largest absolute Gasteiger partial charge is 0.488 e. The van der Waals surface area contributed by atoms with Crippen molar-refractivity contribution in [3.05, 3.63) is 29.8 Å². The maximum atomic E-state index is 5.81. The molecule has 1 aromatic rings. The Morgan fingerprint density at radius 2 is 2.31 bits per heavy atom. The molecule has 1 aliphatic heterocycles. The highest BCUT2D eigenvalue weighted by Crippen LogP contribution is 2.27. The number of unbranched alkanes of at least 4 members (excludes halogenated alkanes) is 1. The number of hydrogen-bond acceptors (Lipinski definition) is 2. The van der Waals surface area contributed by atoms with E-state index in [-0.39, 0.29) is 6.10 Å². The van der Waals surface area contributed by atoms with Gasteiger partial charge < -0.3 is 10.1 Å². The lowest BCUT2D eigenvalue weighted by Gasteiger charge is -2.11. The molecule has 0 bridgehead atoms. The van der Waals surface area contributed by atoms with Gasteiger partial charge in [-0.05, 0) is 24.6 Å². The zero-order chi connectivity index (χ0) is 11.2. The van der Waals surface area contributed by atoms with E-state index >= 15 is 0 Å². The van der Waals surface area contributed by atoms with Crippen molar-refractivity contribution in [3.8, 4) is 18.1 Å². The van der Waals surface area contributed by atoms with Gasteiger partial charge in [-0.3, -0.25) is 0 Å². The summed E-state index contributed by atoms with van der Waals surface area (Å²) >= 11 is 0. The summed E-state index contributed by atoms with van der Waals surface area (Å²) < 4.78 is 5.81. The lowest BCUT2D eigenvalue weighted by molar-refractivity contribution is 0.228. The molecule has 0 amide bonds. The van der Waals surface area contributed by atoms with E-state index < -0.39 is 0 Å². The second-order valence-corrected chi connectivity index (χ2v) is 4.06. The summed E-state index contributed by atoms with van der Waals surface area (Å²) in [7, 11) is 0. The lowest BCUT2D eigenvalue weighted by Crippen LogP contribution is -2.30. The topological polar surface area (TPSA) is 21.3 Å². The van der Waals surface area contributed by atoms with Gasteiger partial charge in [0.1, 0.15) is 11.9 Å². The number of ether oxygens (including phenoxy) is 1. The van der Waals surface area contributed by atoms with Crippen LogP contribution in [0.3, 0.4) is 0 Å². The SMILES string of the molecule is C#CCCCNCC1Cc2ccccc2O1. The summed E-state index contributed by atoms with van der Waals surface area (Å²) in [6.45, 7) is 1.87. The quantitative estimate of drug-likeness (QED) is 0.599. The van der Waals surface area contributed by atoms with Crippen LogP contribution in [-0.4, -0.2) is 19.2 Å². The predicted octanol–water partition coefficient (Wildman–Crippen LogP) is 1.99. The first-order valence-corrected chi connectivity index (χ1v) is 5.79. The Morgan fingerprint density at radius 1 is 1.44 bits per heavy atom. The van der Waals surface area contributed by atoms with Gasteiger partial charge in [0, 0.05) is 19.4 Å². The number of fused-ring (bicyclic) bond motifs is 1. The summed E-state index contributed by atoms with van der Waals surface area (Å²) in [6.07, 6.45) is 8.36. The molecule has 2 nitrogen and oxygen atoms in total. The number of nitrogens with one attached hydrogen (secondary N) is 1. The molecule has 1 aliphatic rings. The van der Waals surface area contributed by atoms with Crippen molar-refractivity contribution >= 4 is 0 Å². The Kier molecular flexibility index (Phi) is 3.85. The molecule has 16 heavy (non-hydrogen) atoms. The Labute approximate surface area is 97.0 Å². The second kappa shape index (κ2) is 5.58. The number of terminal acetylenes is 1. The van der Waals surface area contributed by atoms with Crippen LogP contribution in [-0.2, 0) is 6.42 Å². The maximum absolute atomic E-state index is 5.81. The molecule has 0 saturated carbocycles. The van der Waals surface area contributed by atoms with Crippen LogP contribution in [0.15, 0.2) is 24.3 Å². The van der Waals surface area contributed by atoms with Crippen molar-refractivity contribution in [2.24, 2.45) is 0 Å². The van der Waals surface area contributed by atoms with E-state index in [4.69, 9.17) is 11.2 Å². The Hall–Kier alpha value is -1.46. The first-order valence-electron chi connectivity index (χ1n) is 5.79. The smallest absolute Gasteiger partial charge is 0.123 e. The van der Waals surface area contributed by atoms with Crippen LogP contribution in [0.1, 0.15) is 18.4 Å². The average Bonchev–Trinajstić information content (AvgIpc) is 2.71. The molecule has 2 heteroatoms. The van der Waals surface area contributed by atoms with E-state index in [2.05, 4.69) is 23.4 Å². The monoisotopic (exact) mass is 215 g/mol. The zero-order valence-electron chi connectivity index (χ0n) is 9.41. The maximum Gasteiger partial charge on any atom is 0.123 e. The van der Waals surface area contributed by atoms with E-state index in [0.717, 1.165) is 38.1 Å². The minimum absolute atomic E-state index is 0.281. The van der Waals surface area contributed by atoms with E-state index in [1.54, 1.807) is 0 Å². The molecular formula is C14H17NO. The van der Waals surface area contributed by atoms with Crippen molar-refractivity contribution in [2.75, 3.05) is 13.1 Å². The molecule has 1 heterocycles. The van der Waals surface area contributed by atoms with Crippen molar-refractivity contribution in [3.63, 3.8) is 0 Å². The molecule has 2 rings (SSSR count). The fourth-order valence-electron chi connectivity index (χ4n) is 1.95. The highest BCUT2D eigenvalue weighted by atomic mass is 16.5. The normalized spacial score (nSPS) is 17.6. The van der Waals surface area contributed by atoms with Crippen molar-refractivity contribution in [1.29, 1.82) is 0 Å². The number of benzene rings is 1. The molecule has 1 aromatic carbocycles. The van der Waals surface area contributed by atoms with Crippen molar-refractivity contribution in [1.82, 2.24) is 5.32 Å². The summed E-state index contributed by atoms with van der Waals surface area (Å²) in [4.78, 5) is 0. The summed E-state index contributed by atoms with van der Waals surface area (Å²) in [5.74, 6) is 3.68. The minimum Gasteiger partial charge on any atom is -0.488 e. The average molecular weight is 215 g/mol.